The van der Waals surface area contributed by atoms with E-state index in [0.717, 1.165) is 11.4 Å². The first-order chi connectivity index (χ1) is 7.74. The van der Waals surface area contributed by atoms with Gasteiger partial charge in [-0.05, 0) is 37.3 Å². The van der Waals surface area contributed by atoms with Crippen molar-refractivity contribution in [2.24, 2.45) is 10.2 Å². The van der Waals surface area contributed by atoms with Crippen molar-refractivity contribution in [2.45, 2.75) is 6.92 Å². The molecule has 2 aromatic rings. The van der Waals surface area contributed by atoms with E-state index in [1.165, 1.54) is 5.56 Å². The van der Waals surface area contributed by atoms with E-state index in [2.05, 4.69) is 10.2 Å². The van der Waals surface area contributed by atoms with E-state index in [4.69, 9.17) is 11.6 Å². The summed E-state index contributed by atoms with van der Waals surface area (Å²) in [6.45, 7) is 2.04. The third kappa shape index (κ3) is 2.91. The minimum absolute atomic E-state index is 0.667. The van der Waals surface area contributed by atoms with Crippen LogP contribution < -0.4 is 0 Å². The Morgan fingerprint density at radius 3 is 2.25 bits per heavy atom. The van der Waals surface area contributed by atoms with E-state index in [1.54, 1.807) is 6.07 Å². The zero-order valence-electron chi connectivity index (χ0n) is 8.89. The monoisotopic (exact) mass is 230 g/mol. The van der Waals surface area contributed by atoms with Crippen molar-refractivity contribution in [1.82, 2.24) is 0 Å². The van der Waals surface area contributed by atoms with Crippen molar-refractivity contribution in [3.8, 4) is 0 Å². The van der Waals surface area contributed by atoms with Gasteiger partial charge < -0.3 is 0 Å². The zero-order chi connectivity index (χ0) is 11.4. The normalized spacial score (nSPS) is 10.9. The summed E-state index contributed by atoms with van der Waals surface area (Å²) in [5.74, 6) is 0. The van der Waals surface area contributed by atoms with Gasteiger partial charge in [-0.2, -0.15) is 10.2 Å². The molecular weight excluding hydrogens is 220 g/mol. The number of aryl methyl sites for hydroxylation is 1. The lowest BCUT2D eigenvalue weighted by atomic mass is 10.2. The van der Waals surface area contributed by atoms with Crippen molar-refractivity contribution in [2.75, 3.05) is 0 Å². The van der Waals surface area contributed by atoms with Crippen LogP contribution >= 0.6 is 11.6 Å². The third-order valence-electron chi connectivity index (χ3n) is 2.12. The highest BCUT2D eigenvalue weighted by molar-refractivity contribution is 6.30. The molecular formula is C13H11ClN2. The Kier molecular flexibility index (Phi) is 3.32. The molecule has 3 heteroatoms. The fraction of sp³-hybridized carbons (Fsp3) is 0.0769. The molecule has 0 aliphatic carbocycles. The molecule has 0 bridgehead atoms. The average molecular weight is 231 g/mol. The summed E-state index contributed by atoms with van der Waals surface area (Å²) < 4.78 is 0. The van der Waals surface area contributed by atoms with Crippen LogP contribution in [0.15, 0.2) is 58.8 Å². The van der Waals surface area contributed by atoms with Crippen LogP contribution in [-0.4, -0.2) is 0 Å². The van der Waals surface area contributed by atoms with Crippen LogP contribution in [0.5, 0.6) is 0 Å². The van der Waals surface area contributed by atoms with Gasteiger partial charge in [0.1, 0.15) is 0 Å². The summed E-state index contributed by atoms with van der Waals surface area (Å²) in [7, 11) is 0. The summed E-state index contributed by atoms with van der Waals surface area (Å²) in [4.78, 5) is 0. The van der Waals surface area contributed by atoms with Gasteiger partial charge in [0.2, 0.25) is 0 Å². The molecule has 0 aliphatic heterocycles. The number of nitrogens with zero attached hydrogens (tertiary/aromatic N) is 2. The molecule has 2 aromatic carbocycles. The first kappa shape index (κ1) is 10.8. The lowest BCUT2D eigenvalue weighted by Crippen LogP contribution is -1.68. The second-order valence-corrected chi connectivity index (χ2v) is 3.95. The van der Waals surface area contributed by atoms with Crippen LogP contribution in [0.2, 0.25) is 5.02 Å². The van der Waals surface area contributed by atoms with Gasteiger partial charge in [0.25, 0.3) is 0 Å². The van der Waals surface area contributed by atoms with Crippen LogP contribution in [-0.2, 0) is 0 Å². The molecule has 0 saturated carbocycles. The average Bonchev–Trinajstić information content (AvgIpc) is 2.28. The lowest BCUT2D eigenvalue weighted by molar-refractivity contribution is 1.23. The predicted octanol–water partition coefficient (Wildman–Crippen LogP) is 5.06. The Morgan fingerprint density at radius 2 is 1.56 bits per heavy atom. The number of benzene rings is 2. The largest absolute Gasteiger partial charge is 0.151 e. The van der Waals surface area contributed by atoms with Crippen LogP contribution in [0.4, 0.5) is 11.4 Å². The van der Waals surface area contributed by atoms with Gasteiger partial charge in [-0.15, -0.1) is 0 Å². The van der Waals surface area contributed by atoms with Gasteiger partial charge in [0, 0.05) is 5.02 Å². The Labute approximate surface area is 99.6 Å². The molecule has 16 heavy (non-hydrogen) atoms. The van der Waals surface area contributed by atoms with E-state index in [9.17, 15) is 0 Å². The second kappa shape index (κ2) is 4.90. The zero-order valence-corrected chi connectivity index (χ0v) is 9.65. The standard InChI is InChI=1S/C13H11ClN2/c1-10-5-7-12(8-6-10)15-16-13-4-2-3-11(14)9-13/h2-9H,1H3. The maximum atomic E-state index is 5.85. The number of hydrogen-bond donors (Lipinski definition) is 0. The SMILES string of the molecule is Cc1ccc(N=Nc2cccc(Cl)c2)cc1. The van der Waals surface area contributed by atoms with Gasteiger partial charge in [-0.1, -0.05) is 35.4 Å². The quantitative estimate of drug-likeness (QED) is 0.644. The summed E-state index contributed by atoms with van der Waals surface area (Å²) in [5, 5.41) is 8.90. The van der Waals surface area contributed by atoms with E-state index < -0.39 is 0 Å². The number of hydrogen-bond acceptors (Lipinski definition) is 2. The Morgan fingerprint density at radius 1 is 0.875 bits per heavy atom. The van der Waals surface area contributed by atoms with Crippen molar-refractivity contribution < 1.29 is 0 Å². The minimum Gasteiger partial charge on any atom is -0.151 e. The molecule has 0 unspecified atom stereocenters. The van der Waals surface area contributed by atoms with Crippen LogP contribution in [0, 0.1) is 6.92 Å². The maximum absolute atomic E-state index is 5.85. The van der Waals surface area contributed by atoms with Crippen molar-refractivity contribution in [3.05, 3.63) is 59.1 Å². The third-order valence-corrected chi connectivity index (χ3v) is 2.36. The first-order valence-corrected chi connectivity index (χ1v) is 5.36. The topological polar surface area (TPSA) is 24.7 Å². The van der Waals surface area contributed by atoms with Crippen LogP contribution in [0.25, 0.3) is 0 Å². The van der Waals surface area contributed by atoms with Crippen LogP contribution in [0.1, 0.15) is 5.56 Å². The Hall–Kier alpha value is -1.67. The highest BCUT2D eigenvalue weighted by Crippen LogP contribution is 2.21. The van der Waals surface area contributed by atoms with Gasteiger partial charge in [0.15, 0.2) is 0 Å². The van der Waals surface area contributed by atoms with Gasteiger partial charge in [-0.25, -0.2) is 0 Å². The summed E-state index contributed by atoms with van der Waals surface area (Å²) in [6, 6.07) is 15.2. The van der Waals surface area contributed by atoms with E-state index in [1.807, 2.05) is 49.4 Å². The fourth-order valence-corrected chi connectivity index (χ4v) is 1.45. The molecule has 2 nitrogen and oxygen atoms in total. The molecule has 0 radical (unpaired) electrons. The molecule has 0 atom stereocenters. The summed E-state index contributed by atoms with van der Waals surface area (Å²) in [6.07, 6.45) is 0. The smallest absolute Gasteiger partial charge is 0.0871 e. The fourth-order valence-electron chi connectivity index (χ4n) is 1.27. The number of rotatable bonds is 2. The minimum atomic E-state index is 0.667. The molecule has 0 N–H and O–H groups in total. The van der Waals surface area contributed by atoms with Crippen molar-refractivity contribution in [3.63, 3.8) is 0 Å². The molecule has 0 saturated heterocycles. The molecule has 0 fully saturated rings. The van der Waals surface area contributed by atoms with Gasteiger partial charge in [-0.3, -0.25) is 0 Å². The van der Waals surface area contributed by atoms with E-state index in [0.29, 0.717) is 5.02 Å². The summed E-state index contributed by atoms with van der Waals surface area (Å²) >= 11 is 5.85. The maximum Gasteiger partial charge on any atom is 0.0871 e. The molecule has 80 valence electrons. The van der Waals surface area contributed by atoms with E-state index in [-0.39, 0.29) is 0 Å². The Bertz CT molecular complexity index is 504. The molecule has 0 spiro atoms. The van der Waals surface area contributed by atoms with Gasteiger partial charge >= 0.3 is 0 Å². The van der Waals surface area contributed by atoms with Crippen LogP contribution in [0.3, 0.4) is 0 Å². The molecule has 0 aromatic heterocycles. The Balaban J connectivity index is 2.18. The first-order valence-electron chi connectivity index (χ1n) is 4.98. The predicted molar refractivity (Wildman–Crippen MR) is 66.8 cm³/mol. The lowest BCUT2D eigenvalue weighted by Gasteiger charge is -1.95. The second-order valence-electron chi connectivity index (χ2n) is 3.52. The molecule has 2 rings (SSSR count). The van der Waals surface area contributed by atoms with E-state index >= 15 is 0 Å². The highest BCUT2D eigenvalue weighted by Gasteiger charge is 1.92. The highest BCUT2D eigenvalue weighted by atomic mass is 35.5. The van der Waals surface area contributed by atoms with Gasteiger partial charge in [0.05, 0.1) is 11.4 Å². The molecule has 0 aliphatic rings. The van der Waals surface area contributed by atoms with Crippen molar-refractivity contribution >= 4 is 23.0 Å². The molecule has 0 heterocycles. The summed E-state index contributed by atoms with van der Waals surface area (Å²) in [5.41, 5.74) is 2.81. The molecule has 0 amide bonds. The number of azo groups is 1. The van der Waals surface area contributed by atoms with Crippen molar-refractivity contribution in [1.29, 1.82) is 0 Å². The number of halogens is 1.